The molecule has 1 radical (unpaired) electrons. The van der Waals surface area contributed by atoms with Gasteiger partial charge in [-0.2, -0.15) is 0 Å². The second-order valence-corrected chi connectivity index (χ2v) is 7.33. The average Bonchev–Trinajstić information content (AvgIpc) is 2.64. The van der Waals surface area contributed by atoms with Gasteiger partial charge in [-0.1, -0.05) is 20.8 Å². The summed E-state index contributed by atoms with van der Waals surface area (Å²) < 4.78 is 0. The molecule has 3 unspecified atom stereocenters. The summed E-state index contributed by atoms with van der Waals surface area (Å²) in [6.45, 7) is 9.16. The number of nitrogens with two attached hydrogens (primary N) is 3. The van der Waals surface area contributed by atoms with Crippen molar-refractivity contribution in [2.75, 3.05) is 0 Å². The first-order valence-electron chi connectivity index (χ1n) is 9.33. The molecular formula is C18H36CrN3O9. The van der Waals surface area contributed by atoms with Crippen molar-refractivity contribution >= 4 is 17.9 Å². The van der Waals surface area contributed by atoms with Crippen molar-refractivity contribution in [1.29, 1.82) is 0 Å². The van der Waals surface area contributed by atoms with E-state index >= 15 is 0 Å². The summed E-state index contributed by atoms with van der Waals surface area (Å²) >= 11 is 0. The van der Waals surface area contributed by atoms with Gasteiger partial charge < -0.3 is 62.2 Å². The maximum absolute atomic E-state index is 10.1. The molecule has 0 amide bonds. The number of carbonyl (C=O) groups excluding carboxylic acids is 3. The molecule has 0 aliphatic heterocycles. The van der Waals surface area contributed by atoms with Crippen LogP contribution in [0.4, 0.5) is 0 Å². The normalized spacial score (nSPS) is 19.0. The Kier molecular flexibility index (Phi) is 21.9. The third-order valence-electron chi connectivity index (χ3n) is 4.80. The van der Waals surface area contributed by atoms with Gasteiger partial charge >= 0.3 is 17.4 Å². The second kappa shape index (κ2) is 18.3. The summed E-state index contributed by atoms with van der Waals surface area (Å²) in [4.78, 5) is 30.3. The van der Waals surface area contributed by atoms with Crippen LogP contribution in [0.2, 0.25) is 0 Å². The van der Waals surface area contributed by atoms with E-state index in [1.165, 1.54) is 20.8 Å². The van der Waals surface area contributed by atoms with Gasteiger partial charge in [0.1, 0.15) is 0 Å². The van der Waals surface area contributed by atoms with Crippen molar-refractivity contribution in [2.45, 2.75) is 78.0 Å². The van der Waals surface area contributed by atoms with E-state index in [0.717, 1.165) is 0 Å². The van der Waals surface area contributed by atoms with Crippen molar-refractivity contribution in [3.05, 3.63) is 0 Å². The monoisotopic (exact) mass is 490 g/mol. The Labute approximate surface area is 193 Å². The largest absolute Gasteiger partial charge is 3.00 e. The van der Waals surface area contributed by atoms with Crippen LogP contribution in [0.5, 0.6) is 0 Å². The molecule has 0 heterocycles. The number of carboxylic acid groups (broad SMARTS) is 3. The summed E-state index contributed by atoms with van der Waals surface area (Å²) in [5.41, 5.74) is 15.4. The van der Waals surface area contributed by atoms with Gasteiger partial charge in [0.25, 0.3) is 0 Å². The Hall–Kier alpha value is -1.30. The first-order valence-corrected chi connectivity index (χ1v) is 9.33. The maximum atomic E-state index is 10.1. The number of carbonyl (C=O) groups is 3. The van der Waals surface area contributed by atoms with Gasteiger partial charge in [-0.25, -0.2) is 0 Å². The van der Waals surface area contributed by atoms with E-state index in [0.29, 0.717) is 0 Å². The van der Waals surface area contributed by atoms with Crippen molar-refractivity contribution < 1.29 is 62.4 Å². The quantitative estimate of drug-likeness (QED) is 0.177. The van der Waals surface area contributed by atoms with Gasteiger partial charge in [0.15, 0.2) is 0 Å². The Morgan fingerprint density at radius 2 is 0.677 bits per heavy atom. The number of aliphatic hydroxyl groups excluding tert-OH is 3. The summed E-state index contributed by atoms with van der Waals surface area (Å²) in [5, 5.41) is 56.9. The van der Waals surface area contributed by atoms with Crippen LogP contribution in [0.25, 0.3) is 0 Å². The van der Waals surface area contributed by atoms with Crippen molar-refractivity contribution in [2.24, 2.45) is 35.0 Å². The zero-order valence-electron chi connectivity index (χ0n) is 18.6. The number of aliphatic carboxylic acids is 3. The van der Waals surface area contributed by atoms with E-state index in [2.05, 4.69) is 0 Å². The fourth-order valence-electron chi connectivity index (χ4n) is 1.54. The van der Waals surface area contributed by atoms with E-state index in [1.54, 1.807) is 20.8 Å². The zero-order chi connectivity index (χ0) is 24.9. The SMILES string of the molecule is CC(O)[C@H](C)[C@H](N)C(=O)[O-].CC(O)[C@H](C)[C@H](N)C(=O)[O-].CC(O)[C@H](C)[C@H](N)C(=O)[O-].[Cr+3]. The Morgan fingerprint density at radius 1 is 0.548 bits per heavy atom. The molecule has 13 heteroatoms. The third-order valence-corrected chi connectivity index (χ3v) is 4.80. The predicted octanol–water partition coefficient (Wildman–Crippen LogP) is -5.76. The Bertz CT molecular complexity index is 450. The van der Waals surface area contributed by atoms with E-state index in [4.69, 9.17) is 32.5 Å². The smallest absolute Gasteiger partial charge is 0.548 e. The first-order chi connectivity index (χ1) is 13.4. The van der Waals surface area contributed by atoms with Crippen LogP contribution in [-0.4, -0.2) is 69.7 Å². The Balaban J connectivity index is -0.000000174. The maximum Gasteiger partial charge on any atom is 3.00 e. The van der Waals surface area contributed by atoms with E-state index in [1.807, 2.05) is 0 Å². The predicted molar refractivity (Wildman–Crippen MR) is 101 cm³/mol. The molecule has 9 N–H and O–H groups in total. The van der Waals surface area contributed by atoms with Crippen LogP contribution in [-0.2, 0) is 31.7 Å². The molecule has 0 bridgehead atoms. The Morgan fingerprint density at radius 3 is 0.710 bits per heavy atom. The van der Waals surface area contributed by atoms with Crippen LogP contribution in [0, 0.1) is 17.8 Å². The van der Waals surface area contributed by atoms with Crippen molar-refractivity contribution in [3.8, 4) is 0 Å². The number of hydrogen-bond donors (Lipinski definition) is 6. The summed E-state index contributed by atoms with van der Waals surface area (Å²) in [6.07, 6.45) is -2.14. The fraction of sp³-hybridized carbons (Fsp3) is 0.833. The summed E-state index contributed by atoms with van der Waals surface area (Å²) in [7, 11) is 0. The molecule has 0 fully saturated rings. The van der Waals surface area contributed by atoms with Gasteiger partial charge in [0, 0.05) is 35.9 Å². The molecule has 0 saturated heterocycles. The average molecular weight is 490 g/mol. The minimum Gasteiger partial charge on any atom is -0.548 e. The summed E-state index contributed by atoms with van der Waals surface area (Å²) in [6, 6.07) is -3.25. The zero-order valence-corrected chi connectivity index (χ0v) is 19.9. The molecule has 31 heavy (non-hydrogen) atoms. The molecule has 0 aliphatic rings. The molecule has 0 rings (SSSR count). The van der Waals surface area contributed by atoms with E-state index in [9.17, 15) is 29.7 Å². The van der Waals surface area contributed by atoms with Crippen LogP contribution in [0.3, 0.4) is 0 Å². The molecule has 0 aliphatic carbocycles. The topological polar surface area (TPSA) is 259 Å². The minimum atomic E-state index is -1.33. The molecule has 183 valence electrons. The molecule has 0 spiro atoms. The molecule has 12 nitrogen and oxygen atoms in total. The van der Waals surface area contributed by atoms with E-state index in [-0.39, 0.29) is 17.4 Å². The van der Waals surface area contributed by atoms with Gasteiger partial charge in [-0.15, -0.1) is 0 Å². The van der Waals surface area contributed by atoms with Gasteiger partial charge in [0.05, 0.1) is 36.2 Å². The van der Waals surface area contributed by atoms with E-state index < -0.39 is 72.1 Å². The van der Waals surface area contributed by atoms with Gasteiger partial charge in [-0.3, -0.25) is 0 Å². The third kappa shape index (κ3) is 17.0. The molecule has 9 atom stereocenters. The molecule has 0 aromatic rings. The standard InChI is InChI=1S/3C6H13NO3.Cr/c3*1-3(4(2)8)5(7)6(9)10;/h3*3-5,8H,7H2,1-2H3,(H,9,10);/q;;;+3/p-3/t3*3-,4?,5-;/m000./s1. The van der Waals surface area contributed by atoms with Crippen LogP contribution in [0.15, 0.2) is 0 Å². The first kappa shape index (κ1) is 37.0. The number of rotatable bonds is 9. The van der Waals surface area contributed by atoms with Crippen molar-refractivity contribution in [3.63, 3.8) is 0 Å². The van der Waals surface area contributed by atoms with Crippen LogP contribution >= 0.6 is 0 Å². The minimum absolute atomic E-state index is 0. The van der Waals surface area contributed by atoms with Gasteiger partial charge in [-0.05, 0) is 20.8 Å². The fourth-order valence-corrected chi connectivity index (χ4v) is 1.54. The van der Waals surface area contributed by atoms with Gasteiger partial charge in [0.2, 0.25) is 0 Å². The molecule has 0 saturated carbocycles. The molecule has 0 aromatic carbocycles. The number of aliphatic hydroxyl groups is 3. The second-order valence-electron chi connectivity index (χ2n) is 7.33. The van der Waals surface area contributed by atoms with Crippen LogP contribution in [0.1, 0.15) is 41.5 Å². The van der Waals surface area contributed by atoms with Crippen molar-refractivity contribution in [1.82, 2.24) is 0 Å². The molecular weight excluding hydrogens is 454 g/mol. The molecule has 0 aromatic heterocycles. The number of hydrogen-bond acceptors (Lipinski definition) is 12. The van der Waals surface area contributed by atoms with Crippen LogP contribution < -0.4 is 32.5 Å². The summed E-state index contributed by atoms with van der Waals surface area (Å²) in [5.74, 6) is -5.38. The number of carboxylic acids is 3.